The SMILES string of the molecule is CC(Oc1cccc(C#N)c1)C(=O)Nc1ccc2nc(-c3ccccn3)[nH]c2c1. The second-order valence-electron chi connectivity index (χ2n) is 6.42. The number of hydrogen-bond acceptors (Lipinski definition) is 5. The first-order chi connectivity index (χ1) is 14.1. The molecule has 1 atom stereocenters. The van der Waals surface area contributed by atoms with E-state index in [9.17, 15) is 4.79 Å². The van der Waals surface area contributed by atoms with Crippen molar-refractivity contribution in [1.82, 2.24) is 15.0 Å². The highest BCUT2D eigenvalue weighted by Gasteiger charge is 2.16. The smallest absolute Gasteiger partial charge is 0.265 e. The van der Waals surface area contributed by atoms with E-state index in [1.54, 1.807) is 43.5 Å². The topological polar surface area (TPSA) is 104 Å². The molecule has 0 bridgehead atoms. The standard InChI is InChI=1S/C22H17N5O2/c1-14(29-17-6-4-5-15(11-17)13-23)22(28)25-16-8-9-18-20(12-16)27-21(26-18)19-7-2-3-10-24-19/h2-12,14H,1H3,(H,25,28)(H,26,27). The number of H-pyrrole nitrogens is 1. The summed E-state index contributed by atoms with van der Waals surface area (Å²) in [4.78, 5) is 24.5. The number of fused-ring (bicyclic) bond motifs is 1. The van der Waals surface area contributed by atoms with Crippen LogP contribution in [-0.2, 0) is 4.79 Å². The van der Waals surface area contributed by atoms with Crippen LogP contribution in [0.4, 0.5) is 5.69 Å². The summed E-state index contributed by atoms with van der Waals surface area (Å²) in [5.74, 6) is 0.838. The Morgan fingerprint density at radius 1 is 1.17 bits per heavy atom. The number of nitriles is 1. The summed E-state index contributed by atoms with van der Waals surface area (Å²) in [6, 6.07) is 19.8. The van der Waals surface area contributed by atoms with Crippen molar-refractivity contribution in [2.75, 3.05) is 5.32 Å². The van der Waals surface area contributed by atoms with Crippen LogP contribution in [0.5, 0.6) is 5.75 Å². The molecule has 2 heterocycles. The molecule has 0 aliphatic heterocycles. The Morgan fingerprint density at radius 3 is 2.86 bits per heavy atom. The number of imidazole rings is 1. The largest absolute Gasteiger partial charge is 0.481 e. The highest BCUT2D eigenvalue weighted by Crippen LogP contribution is 2.22. The number of benzene rings is 2. The van der Waals surface area contributed by atoms with Gasteiger partial charge in [-0.05, 0) is 55.5 Å². The summed E-state index contributed by atoms with van der Waals surface area (Å²) in [5, 5.41) is 11.8. The lowest BCUT2D eigenvalue weighted by atomic mass is 10.2. The lowest BCUT2D eigenvalue weighted by Gasteiger charge is -2.15. The maximum atomic E-state index is 12.5. The highest BCUT2D eigenvalue weighted by molar-refractivity contribution is 5.96. The number of ether oxygens (including phenoxy) is 1. The molecule has 1 unspecified atom stereocenters. The monoisotopic (exact) mass is 383 g/mol. The van der Waals surface area contributed by atoms with Gasteiger partial charge in [0, 0.05) is 11.9 Å². The maximum Gasteiger partial charge on any atom is 0.265 e. The normalized spacial score (nSPS) is 11.6. The summed E-state index contributed by atoms with van der Waals surface area (Å²) in [7, 11) is 0. The van der Waals surface area contributed by atoms with Gasteiger partial charge in [-0.3, -0.25) is 9.78 Å². The molecule has 0 saturated heterocycles. The van der Waals surface area contributed by atoms with Crippen LogP contribution in [0, 0.1) is 11.3 Å². The molecule has 0 aliphatic carbocycles. The zero-order chi connectivity index (χ0) is 20.2. The number of pyridine rings is 1. The minimum absolute atomic E-state index is 0.295. The van der Waals surface area contributed by atoms with Crippen LogP contribution in [0.15, 0.2) is 66.9 Å². The van der Waals surface area contributed by atoms with Crippen molar-refractivity contribution in [3.63, 3.8) is 0 Å². The van der Waals surface area contributed by atoms with Crippen LogP contribution in [-0.4, -0.2) is 27.0 Å². The molecular weight excluding hydrogens is 366 g/mol. The number of carbonyl (C=O) groups excluding carboxylic acids is 1. The van der Waals surface area contributed by atoms with Crippen molar-refractivity contribution < 1.29 is 9.53 Å². The fourth-order valence-electron chi connectivity index (χ4n) is 2.85. The molecule has 0 spiro atoms. The molecule has 29 heavy (non-hydrogen) atoms. The third-order valence-electron chi connectivity index (χ3n) is 4.30. The van der Waals surface area contributed by atoms with Crippen molar-refractivity contribution in [1.29, 1.82) is 5.26 Å². The van der Waals surface area contributed by atoms with Crippen molar-refractivity contribution in [2.24, 2.45) is 0 Å². The van der Waals surface area contributed by atoms with E-state index in [1.165, 1.54) is 0 Å². The molecule has 2 aromatic heterocycles. The Hall–Kier alpha value is -4.18. The van der Waals surface area contributed by atoms with Crippen molar-refractivity contribution in [2.45, 2.75) is 13.0 Å². The Morgan fingerprint density at radius 2 is 2.07 bits per heavy atom. The molecule has 0 fully saturated rings. The summed E-state index contributed by atoms with van der Waals surface area (Å²) >= 11 is 0. The minimum atomic E-state index is -0.731. The van der Waals surface area contributed by atoms with E-state index in [0.717, 1.165) is 16.7 Å². The van der Waals surface area contributed by atoms with E-state index in [2.05, 4.69) is 20.3 Å². The van der Waals surface area contributed by atoms with Crippen LogP contribution >= 0.6 is 0 Å². The van der Waals surface area contributed by atoms with Gasteiger partial charge in [0.05, 0.1) is 22.7 Å². The zero-order valence-electron chi connectivity index (χ0n) is 15.6. The summed E-state index contributed by atoms with van der Waals surface area (Å²) in [6.45, 7) is 1.66. The van der Waals surface area contributed by atoms with Gasteiger partial charge in [-0.1, -0.05) is 12.1 Å². The Bertz CT molecular complexity index is 1210. The fourth-order valence-corrected chi connectivity index (χ4v) is 2.85. The Labute approximate surface area is 167 Å². The molecule has 1 amide bonds. The predicted molar refractivity (Wildman–Crippen MR) is 109 cm³/mol. The molecule has 4 aromatic rings. The zero-order valence-corrected chi connectivity index (χ0v) is 15.6. The van der Waals surface area contributed by atoms with Crippen LogP contribution in [0.2, 0.25) is 0 Å². The van der Waals surface area contributed by atoms with Gasteiger partial charge >= 0.3 is 0 Å². The maximum absolute atomic E-state index is 12.5. The number of nitrogens with zero attached hydrogens (tertiary/aromatic N) is 3. The first kappa shape index (κ1) is 18.2. The molecule has 142 valence electrons. The molecule has 7 heteroatoms. The first-order valence-corrected chi connectivity index (χ1v) is 9.01. The first-order valence-electron chi connectivity index (χ1n) is 9.01. The van der Waals surface area contributed by atoms with Gasteiger partial charge in [0.1, 0.15) is 11.4 Å². The van der Waals surface area contributed by atoms with Gasteiger partial charge in [-0.25, -0.2) is 4.98 Å². The second-order valence-corrected chi connectivity index (χ2v) is 6.42. The van der Waals surface area contributed by atoms with Gasteiger partial charge in [0.25, 0.3) is 5.91 Å². The van der Waals surface area contributed by atoms with Crippen LogP contribution in [0.3, 0.4) is 0 Å². The lowest BCUT2D eigenvalue weighted by molar-refractivity contribution is -0.122. The minimum Gasteiger partial charge on any atom is -0.481 e. The highest BCUT2D eigenvalue weighted by atomic mass is 16.5. The Balaban J connectivity index is 1.48. The van der Waals surface area contributed by atoms with E-state index in [4.69, 9.17) is 10.00 Å². The third-order valence-corrected chi connectivity index (χ3v) is 4.30. The number of aromatic amines is 1. The number of anilines is 1. The number of rotatable bonds is 5. The number of carbonyl (C=O) groups is 1. The number of amides is 1. The average molecular weight is 383 g/mol. The summed E-state index contributed by atoms with van der Waals surface area (Å²) in [5.41, 5.74) is 3.42. The van der Waals surface area contributed by atoms with E-state index in [1.807, 2.05) is 36.4 Å². The van der Waals surface area contributed by atoms with E-state index in [0.29, 0.717) is 22.8 Å². The Kier molecular flexibility index (Phi) is 4.91. The summed E-state index contributed by atoms with van der Waals surface area (Å²) in [6.07, 6.45) is 0.979. The third kappa shape index (κ3) is 4.06. The summed E-state index contributed by atoms with van der Waals surface area (Å²) < 4.78 is 5.65. The number of hydrogen-bond donors (Lipinski definition) is 2. The number of nitrogens with one attached hydrogen (secondary N) is 2. The molecule has 2 aromatic carbocycles. The van der Waals surface area contributed by atoms with Crippen LogP contribution in [0.25, 0.3) is 22.6 Å². The van der Waals surface area contributed by atoms with E-state index < -0.39 is 6.10 Å². The van der Waals surface area contributed by atoms with E-state index >= 15 is 0 Å². The lowest BCUT2D eigenvalue weighted by Crippen LogP contribution is -2.30. The van der Waals surface area contributed by atoms with Crippen molar-refractivity contribution in [3.05, 3.63) is 72.4 Å². The van der Waals surface area contributed by atoms with Gasteiger partial charge in [0.2, 0.25) is 0 Å². The van der Waals surface area contributed by atoms with Gasteiger partial charge in [0.15, 0.2) is 11.9 Å². The second kappa shape index (κ2) is 7.82. The average Bonchev–Trinajstić information content (AvgIpc) is 3.18. The number of aromatic nitrogens is 3. The van der Waals surface area contributed by atoms with Crippen LogP contribution < -0.4 is 10.1 Å². The van der Waals surface area contributed by atoms with Gasteiger partial charge in [-0.15, -0.1) is 0 Å². The fraction of sp³-hybridized carbons (Fsp3) is 0.0909. The van der Waals surface area contributed by atoms with Gasteiger partial charge in [-0.2, -0.15) is 5.26 Å². The van der Waals surface area contributed by atoms with Crippen LogP contribution in [0.1, 0.15) is 12.5 Å². The molecule has 0 aliphatic rings. The quantitative estimate of drug-likeness (QED) is 0.544. The van der Waals surface area contributed by atoms with Crippen molar-refractivity contribution in [3.8, 4) is 23.3 Å². The molecular formula is C22H17N5O2. The molecule has 2 N–H and O–H groups in total. The molecule has 4 rings (SSSR count). The molecule has 0 radical (unpaired) electrons. The predicted octanol–water partition coefficient (Wildman–Crippen LogP) is 3.90. The van der Waals surface area contributed by atoms with Gasteiger partial charge < -0.3 is 15.0 Å². The molecule has 7 nitrogen and oxygen atoms in total. The van der Waals surface area contributed by atoms with E-state index in [-0.39, 0.29) is 5.91 Å². The molecule has 0 saturated carbocycles. The van der Waals surface area contributed by atoms with Crippen molar-refractivity contribution >= 4 is 22.6 Å².